The molecule has 0 aromatic carbocycles. The largest absolute Gasteiger partial charge is 0.364 e. The van der Waals surface area contributed by atoms with Gasteiger partial charge < -0.3 is 14.4 Å². The number of anilines is 1. The van der Waals surface area contributed by atoms with E-state index in [9.17, 15) is 23.2 Å². The van der Waals surface area contributed by atoms with Gasteiger partial charge in [0.15, 0.2) is 11.2 Å². The minimum absolute atomic E-state index is 0.0497. The summed E-state index contributed by atoms with van der Waals surface area (Å²) in [5.41, 5.74) is -0.0182. The molecular formula is C26H24F2N8O4. The molecule has 12 nitrogen and oxygen atoms in total. The first-order chi connectivity index (χ1) is 19.0. The van der Waals surface area contributed by atoms with Crippen LogP contribution in [-0.4, -0.2) is 39.7 Å². The molecule has 5 heterocycles. The molecule has 5 aromatic rings. The van der Waals surface area contributed by atoms with Crippen LogP contribution in [0.5, 0.6) is 0 Å². The van der Waals surface area contributed by atoms with E-state index in [1.54, 1.807) is 25.1 Å². The van der Waals surface area contributed by atoms with Gasteiger partial charge in [0, 0.05) is 43.1 Å². The van der Waals surface area contributed by atoms with Crippen molar-refractivity contribution in [1.82, 2.24) is 33.8 Å². The number of aryl methyl sites for hydroxylation is 2. The molecule has 0 spiro atoms. The van der Waals surface area contributed by atoms with Crippen LogP contribution in [0.15, 0.2) is 63.2 Å². The maximum absolute atomic E-state index is 14.0. The number of fused-ring (bicyclic) bond motifs is 1. The Morgan fingerprint density at radius 3 is 2.67 bits per heavy atom. The monoisotopic (exact) mass is 550 g/mol. The van der Waals surface area contributed by atoms with E-state index in [0.29, 0.717) is 17.0 Å². The molecule has 5 aromatic heterocycles. The van der Waals surface area contributed by atoms with Gasteiger partial charge in [-0.3, -0.25) is 23.7 Å². The van der Waals surface area contributed by atoms with E-state index in [0.717, 1.165) is 11.5 Å². The summed E-state index contributed by atoms with van der Waals surface area (Å²) in [6.45, 7) is 3.74. The average molecular weight is 551 g/mol. The third-order valence-electron chi connectivity index (χ3n) is 6.52. The number of halogens is 2. The van der Waals surface area contributed by atoms with Crippen molar-refractivity contribution in [1.29, 1.82) is 0 Å². The van der Waals surface area contributed by atoms with Crippen LogP contribution in [0.4, 0.5) is 14.6 Å². The summed E-state index contributed by atoms with van der Waals surface area (Å²) < 4.78 is 36.4. The van der Waals surface area contributed by atoms with Crippen molar-refractivity contribution < 1.29 is 18.1 Å². The fourth-order valence-electron chi connectivity index (χ4n) is 4.34. The van der Waals surface area contributed by atoms with E-state index in [4.69, 9.17) is 4.52 Å². The minimum atomic E-state index is -3.08. The van der Waals surface area contributed by atoms with Crippen molar-refractivity contribution in [2.24, 2.45) is 7.05 Å². The molecule has 5 rings (SSSR count). The number of hydrogen-bond acceptors (Lipinski definition) is 8. The van der Waals surface area contributed by atoms with Crippen molar-refractivity contribution in [3.05, 3.63) is 86.9 Å². The first kappa shape index (κ1) is 26.6. The van der Waals surface area contributed by atoms with Crippen LogP contribution in [-0.2, 0) is 24.3 Å². The number of imidazole rings is 1. The Labute approximate surface area is 224 Å². The zero-order chi connectivity index (χ0) is 28.8. The van der Waals surface area contributed by atoms with Gasteiger partial charge in [0.05, 0.1) is 18.6 Å². The molecule has 1 N–H and O–H groups in total. The zero-order valence-corrected chi connectivity index (χ0v) is 21.9. The fraction of sp³-hybridized carbons (Fsp3) is 0.269. The number of pyridine rings is 2. The average Bonchev–Trinajstić information content (AvgIpc) is 3.59. The molecule has 0 aliphatic rings. The lowest BCUT2D eigenvalue weighted by molar-refractivity contribution is -0.118. The van der Waals surface area contributed by atoms with Gasteiger partial charge in [-0.1, -0.05) is 11.2 Å². The van der Waals surface area contributed by atoms with Crippen LogP contribution >= 0.6 is 0 Å². The molecule has 0 radical (unpaired) electrons. The number of carbonyl (C=O) groups is 1. The van der Waals surface area contributed by atoms with Crippen molar-refractivity contribution in [2.45, 2.75) is 39.3 Å². The van der Waals surface area contributed by atoms with Crippen molar-refractivity contribution >= 4 is 22.9 Å². The summed E-state index contributed by atoms with van der Waals surface area (Å²) in [6, 6.07) is 6.71. The molecule has 1 amide bonds. The highest BCUT2D eigenvalue weighted by atomic mass is 19.3. The first-order valence-corrected chi connectivity index (χ1v) is 12.1. The lowest BCUT2D eigenvalue weighted by atomic mass is 10.0. The maximum atomic E-state index is 14.0. The predicted molar refractivity (Wildman–Crippen MR) is 140 cm³/mol. The molecule has 0 bridgehead atoms. The lowest BCUT2D eigenvalue weighted by Crippen LogP contribution is -2.40. The Kier molecular flexibility index (Phi) is 6.61. The van der Waals surface area contributed by atoms with Gasteiger partial charge in [0.2, 0.25) is 5.91 Å². The van der Waals surface area contributed by atoms with E-state index in [1.165, 1.54) is 54.0 Å². The normalized spacial score (nSPS) is 12.6. The summed E-state index contributed by atoms with van der Waals surface area (Å²) in [6.07, 6.45) is 4.08. The van der Waals surface area contributed by atoms with Gasteiger partial charge in [0.1, 0.15) is 23.8 Å². The Balaban J connectivity index is 1.45. The topological polar surface area (TPSA) is 143 Å². The Bertz CT molecular complexity index is 1850. The fourth-order valence-corrected chi connectivity index (χ4v) is 4.34. The van der Waals surface area contributed by atoms with E-state index < -0.39 is 29.1 Å². The Morgan fingerprint density at radius 2 is 1.98 bits per heavy atom. The predicted octanol–water partition coefficient (Wildman–Crippen LogP) is 3.01. The number of rotatable bonds is 7. The molecule has 0 unspecified atom stereocenters. The van der Waals surface area contributed by atoms with Crippen LogP contribution in [0.25, 0.3) is 22.4 Å². The molecule has 0 aliphatic carbocycles. The Hall–Kier alpha value is -5.01. The number of nitrogens with one attached hydrogen (secondary N) is 1. The second kappa shape index (κ2) is 9.94. The second-order valence-electron chi connectivity index (χ2n) is 9.37. The van der Waals surface area contributed by atoms with Gasteiger partial charge >= 0.3 is 5.69 Å². The number of aromatic nitrogens is 7. The summed E-state index contributed by atoms with van der Waals surface area (Å²) in [5, 5.41) is 6.45. The van der Waals surface area contributed by atoms with E-state index in [-0.39, 0.29) is 34.8 Å². The highest BCUT2D eigenvalue weighted by Gasteiger charge is 2.28. The molecule has 0 saturated carbocycles. The summed E-state index contributed by atoms with van der Waals surface area (Å²) >= 11 is 0. The number of hydrogen-bond donors (Lipinski definition) is 1. The number of alkyl halides is 2. The van der Waals surface area contributed by atoms with E-state index >= 15 is 0 Å². The van der Waals surface area contributed by atoms with Gasteiger partial charge in [-0.05, 0) is 32.0 Å². The Morgan fingerprint density at radius 1 is 1.20 bits per heavy atom. The van der Waals surface area contributed by atoms with E-state index in [1.807, 2.05) is 0 Å². The molecule has 0 aliphatic heterocycles. The molecule has 206 valence electrons. The van der Waals surface area contributed by atoms with Gasteiger partial charge in [-0.15, -0.1) is 0 Å². The molecule has 14 heteroatoms. The smallest absolute Gasteiger partial charge is 0.332 e. The van der Waals surface area contributed by atoms with Crippen LogP contribution in [0.1, 0.15) is 36.8 Å². The van der Waals surface area contributed by atoms with Crippen LogP contribution in [0, 0.1) is 6.92 Å². The quantitative estimate of drug-likeness (QED) is 0.326. The van der Waals surface area contributed by atoms with Crippen molar-refractivity contribution in [2.75, 3.05) is 5.32 Å². The number of amides is 1. The lowest BCUT2D eigenvalue weighted by Gasteiger charge is -2.16. The number of nitrogens with zero attached hydrogens (tertiary/aromatic N) is 7. The zero-order valence-electron chi connectivity index (χ0n) is 21.9. The molecular weight excluding hydrogens is 526 g/mol. The third kappa shape index (κ3) is 4.79. The third-order valence-corrected chi connectivity index (χ3v) is 6.52. The van der Waals surface area contributed by atoms with Crippen LogP contribution in [0.3, 0.4) is 0 Å². The van der Waals surface area contributed by atoms with Gasteiger partial charge in [-0.25, -0.2) is 23.5 Å². The highest BCUT2D eigenvalue weighted by Crippen LogP contribution is 2.32. The van der Waals surface area contributed by atoms with Crippen molar-refractivity contribution in [3.63, 3.8) is 0 Å². The van der Waals surface area contributed by atoms with Gasteiger partial charge in [0.25, 0.3) is 11.5 Å². The second-order valence-corrected chi connectivity index (χ2v) is 9.37. The highest BCUT2D eigenvalue weighted by molar-refractivity contribution is 5.93. The minimum Gasteiger partial charge on any atom is -0.364 e. The van der Waals surface area contributed by atoms with Crippen molar-refractivity contribution in [3.8, 4) is 11.3 Å². The van der Waals surface area contributed by atoms with Gasteiger partial charge in [-0.2, -0.15) is 0 Å². The maximum Gasteiger partial charge on any atom is 0.332 e. The number of carbonyl (C=O) groups excluding carboxylic acids is 1. The van der Waals surface area contributed by atoms with Crippen LogP contribution < -0.4 is 16.6 Å². The molecule has 0 fully saturated rings. The summed E-state index contributed by atoms with van der Waals surface area (Å²) in [7, 11) is 1.47. The standard InChI is InChI=1S/C26H24F2N8O4/c1-14-18(26(3,27)28)10-16(11-29-14)19-6-5-7-20(31-19)32-23(37)15(2)36-13-30-22-21(36)24(38)35(25(39)34(22)4)12-17-8-9-40-33-17/h5-11,13,15H,12H2,1-4H3,(H,31,32,37)/t15-/m0/s1. The molecule has 0 saturated heterocycles. The summed E-state index contributed by atoms with van der Waals surface area (Å²) in [4.78, 5) is 52.0. The SMILES string of the molecule is Cc1ncc(-c2cccc(NC(=O)[C@H](C)n3cnc4c3c(=O)n(Cc3ccon3)c(=O)n4C)n2)cc1C(C)(F)F. The van der Waals surface area contributed by atoms with Crippen LogP contribution in [0.2, 0.25) is 0 Å². The molecule has 40 heavy (non-hydrogen) atoms. The van der Waals surface area contributed by atoms with E-state index in [2.05, 4.69) is 25.4 Å². The molecule has 1 atom stereocenters. The summed E-state index contributed by atoms with van der Waals surface area (Å²) in [5.74, 6) is -3.44. The first-order valence-electron chi connectivity index (χ1n) is 12.1.